The third-order valence-corrected chi connectivity index (χ3v) is 5.39. The Kier molecular flexibility index (Phi) is 5.70. The van der Waals surface area contributed by atoms with E-state index in [-0.39, 0.29) is 23.1 Å². The standard InChI is InChI=1S/C20H28O4/c1-11(2)17(21)8-6-12(3)15-7-5-13(4)19-16(15)9-14(20(23)24)10-18(19)22/h9-10,12-13,15,17,21-22H,1,5-8H2,2-4H3,(H,23,24). The molecule has 0 aliphatic heterocycles. The van der Waals surface area contributed by atoms with Crippen molar-refractivity contribution >= 4 is 5.97 Å². The first-order valence-electron chi connectivity index (χ1n) is 8.65. The first-order chi connectivity index (χ1) is 11.2. The Morgan fingerprint density at radius 1 is 1.33 bits per heavy atom. The second kappa shape index (κ2) is 7.39. The van der Waals surface area contributed by atoms with Crippen molar-refractivity contribution in [2.45, 2.75) is 64.4 Å². The quantitative estimate of drug-likeness (QED) is 0.674. The van der Waals surface area contributed by atoms with Crippen LogP contribution < -0.4 is 0 Å². The van der Waals surface area contributed by atoms with E-state index in [0.717, 1.165) is 36.0 Å². The molecule has 4 unspecified atom stereocenters. The Balaban J connectivity index is 2.29. The van der Waals surface area contributed by atoms with E-state index >= 15 is 0 Å². The van der Waals surface area contributed by atoms with Gasteiger partial charge in [0.25, 0.3) is 0 Å². The lowest BCUT2D eigenvalue weighted by Crippen LogP contribution is -2.21. The fourth-order valence-corrected chi connectivity index (χ4v) is 3.82. The van der Waals surface area contributed by atoms with Crippen molar-refractivity contribution in [3.63, 3.8) is 0 Å². The van der Waals surface area contributed by atoms with Gasteiger partial charge in [0.05, 0.1) is 11.7 Å². The van der Waals surface area contributed by atoms with E-state index < -0.39 is 12.1 Å². The molecule has 0 radical (unpaired) electrons. The van der Waals surface area contributed by atoms with Gasteiger partial charge in [-0.3, -0.25) is 0 Å². The Hall–Kier alpha value is -1.81. The number of benzene rings is 1. The van der Waals surface area contributed by atoms with E-state index in [0.29, 0.717) is 12.3 Å². The molecule has 0 fully saturated rings. The average molecular weight is 332 g/mol. The lowest BCUT2D eigenvalue weighted by atomic mass is 9.70. The number of phenolic OH excluding ortho intramolecular Hbond substituents is 1. The molecule has 2 rings (SSSR count). The molecule has 0 amide bonds. The van der Waals surface area contributed by atoms with Gasteiger partial charge in [-0.1, -0.05) is 26.0 Å². The monoisotopic (exact) mass is 332 g/mol. The molecule has 3 N–H and O–H groups in total. The highest BCUT2D eigenvalue weighted by Crippen LogP contribution is 2.47. The number of rotatable bonds is 6. The average Bonchev–Trinajstić information content (AvgIpc) is 2.51. The van der Waals surface area contributed by atoms with Crippen molar-refractivity contribution in [2.75, 3.05) is 0 Å². The molecule has 1 aromatic carbocycles. The number of hydrogen-bond donors (Lipinski definition) is 3. The van der Waals surface area contributed by atoms with Gasteiger partial charge in [0, 0.05) is 5.56 Å². The number of carboxylic acid groups (broad SMARTS) is 1. The largest absolute Gasteiger partial charge is 0.508 e. The van der Waals surface area contributed by atoms with Gasteiger partial charge in [0.2, 0.25) is 0 Å². The van der Waals surface area contributed by atoms with Crippen molar-refractivity contribution in [3.05, 3.63) is 41.0 Å². The van der Waals surface area contributed by atoms with Gasteiger partial charge in [-0.15, -0.1) is 0 Å². The normalized spacial score (nSPS) is 22.5. The topological polar surface area (TPSA) is 77.8 Å². The summed E-state index contributed by atoms with van der Waals surface area (Å²) < 4.78 is 0. The zero-order chi connectivity index (χ0) is 18.0. The van der Waals surface area contributed by atoms with E-state index in [2.05, 4.69) is 20.4 Å². The highest BCUT2D eigenvalue weighted by Gasteiger charge is 2.31. The highest BCUT2D eigenvalue weighted by molar-refractivity contribution is 5.88. The number of hydrogen-bond acceptors (Lipinski definition) is 3. The van der Waals surface area contributed by atoms with Crippen molar-refractivity contribution in [1.29, 1.82) is 0 Å². The fourth-order valence-electron chi connectivity index (χ4n) is 3.82. The molecular formula is C20H28O4. The predicted octanol–water partition coefficient (Wildman–Crippen LogP) is 4.42. The zero-order valence-electron chi connectivity index (χ0n) is 14.7. The minimum absolute atomic E-state index is 0.0938. The lowest BCUT2D eigenvalue weighted by molar-refractivity contribution is 0.0696. The summed E-state index contributed by atoms with van der Waals surface area (Å²) in [5.74, 6) is -0.188. The molecule has 4 atom stereocenters. The first-order valence-corrected chi connectivity index (χ1v) is 8.65. The molecular weight excluding hydrogens is 304 g/mol. The van der Waals surface area contributed by atoms with E-state index in [1.54, 1.807) is 6.07 Å². The van der Waals surface area contributed by atoms with Crippen LogP contribution in [-0.4, -0.2) is 27.4 Å². The summed E-state index contributed by atoms with van der Waals surface area (Å²) in [6, 6.07) is 3.08. The van der Waals surface area contributed by atoms with Crippen LogP contribution >= 0.6 is 0 Å². The Labute approximate surface area is 143 Å². The summed E-state index contributed by atoms with van der Waals surface area (Å²) in [5, 5.41) is 29.6. The van der Waals surface area contributed by atoms with E-state index in [9.17, 15) is 20.1 Å². The molecule has 0 spiro atoms. The van der Waals surface area contributed by atoms with Crippen LogP contribution in [0.25, 0.3) is 0 Å². The maximum atomic E-state index is 11.3. The summed E-state index contributed by atoms with van der Waals surface area (Å²) in [6.45, 7) is 9.82. The SMILES string of the molecule is C=C(C)C(O)CCC(C)C1CCC(C)c2c(O)cc(C(=O)O)cc21. The minimum atomic E-state index is -1.02. The molecule has 0 saturated heterocycles. The maximum Gasteiger partial charge on any atom is 0.335 e. The molecule has 0 saturated carbocycles. The van der Waals surface area contributed by atoms with Gasteiger partial charge in [-0.2, -0.15) is 0 Å². The van der Waals surface area contributed by atoms with Crippen molar-refractivity contribution in [3.8, 4) is 5.75 Å². The van der Waals surface area contributed by atoms with E-state index in [1.165, 1.54) is 6.07 Å². The van der Waals surface area contributed by atoms with Crippen LogP contribution in [-0.2, 0) is 0 Å². The van der Waals surface area contributed by atoms with E-state index in [4.69, 9.17) is 0 Å². The van der Waals surface area contributed by atoms with Crippen LogP contribution in [0.15, 0.2) is 24.3 Å². The van der Waals surface area contributed by atoms with Crippen molar-refractivity contribution in [2.24, 2.45) is 5.92 Å². The second-order valence-corrected chi connectivity index (χ2v) is 7.31. The third-order valence-electron chi connectivity index (χ3n) is 5.39. The maximum absolute atomic E-state index is 11.3. The molecule has 0 heterocycles. The van der Waals surface area contributed by atoms with Crippen LogP contribution in [0.2, 0.25) is 0 Å². The number of carbonyl (C=O) groups is 1. The molecule has 0 bridgehead atoms. The summed E-state index contributed by atoms with van der Waals surface area (Å²) in [5.41, 5.74) is 2.76. The van der Waals surface area contributed by atoms with Crippen LogP contribution in [0.1, 0.15) is 79.8 Å². The number of aromatic hydroxyl groups is 1. The molecule has 0 aromatic heterocycles. The number of carboxylic acids is 1. The summed E-state index contributed by atoms with van der Waals surface area (Å²) >= 11 is 0. The smallest absolute Gasteiger partial charge is 0.335 e. The van der Waals surface area contributed by atoms with Crippen molar-refractivity contribution < 1.29 is 20.1 Å². The minimum Gasteiger partial charge on any atom is -0.508 e. The molecule has 1 aliphatic rings. The highest BCUT2D eigenvalue weighted by atomic mass is 16.4. The zero-order valence-corrected chi connectivity index (χ0v) is 14.7. The number of aliphatic hydroxyl groups is 1. The second-order valence-electron chi connectivity index (χ2n) is 7.31. The molecule has 24 heavy (non-hydrogen) atoms. The molecule has 4 nitrogen and oxygen atoms in total. The fraction of sp³-hybridized carbons (Fsp3) is 0.550. The summed E-state index contributed by atoms with van der Waals surface area (Å²) in [4.78, 5) is 11.3. The Morgan fingerprint density at radius 3 is 2.58 bits per heavy atom. The lowest BCUT2D eigenvalue weighted by Gasteiger charge is -2.34. The van der Waals surface area contributed by atoms with E-state index in [1.807, 2.05) is 6.92 Å². The van der Waals surface area contributed by atoms with Gasteiger partial charge in [0.1, 0.15) is 5.75 Å². The Bertz CT molecular complexity index is 635. The predicted molar refractivity (Wildman–Crippen MR) is 94.7 cm³/mol. The number of fused-ring (bicyclic) bond motifs is 1. The van der Waals surface area contributed by atoms with Crippen molar-refractivity contribution in [1.82, 2.24) is 0 Å². The summed E-state index contributed by atoms with van der Waals surface area (Å²) in [7, 11) is 0. The summed E-state index contributed by atoms with van der Waals surface area (Å²) in [6.07, 6.45) is 2.95. The number of aliphatic hydroxyl groups excluding tert-OH is 1. The molecule has 132 valence electrons. The van der Waals surface area contributed by atoms with Crippen LogP contribution in [0.5, 0.6) is 5.75 Å². The van der Waals surface area contributed by atoms with Gasteiger partial charge >= 0.3 is 5.97 Å². The molecule has 1 aliphatic carbocycles. The van der Waals surface area contributed by atoms with Crippen LogP contribution in [0, 0.1) is 5.92 Å². The number of phenols is 1. The third kappa shape index (κ3) is 3.81. The molecule has 1 aromatic rings. The van der Waals surface area contributed by atoms with Gasteiger partial charge in [0.15, 0.2) is 0 Å². The van der Waals surface area contributed by atoms with Gasteiger partial charge in [-0.05, 0) is 68.1 Å². The Morgan fingerprint density at radius 2 is 2.00 bits per heavy atom. The van der Waals surface area contributed by atoms with Crippen LogP contribution in [0.3, 0.4) is 0 Å². The van der Waals surface area contributed by atoms with Gasteiger partial charge in [-0.25, -0.2) is 4.79 Å². The number of aromatic carboxylic acids is 1. The molecule has 4 heteroatoms. The first kappa shape index (κ1) is 18.5. The van der Waals surface area contributed by atoms with Crippen LogP contribution in [0.4, 0.5) is 0 Å². The van der Waals surface area contributed by atoms with Gasteiger partial charge < -0.3 is 15.3 Å².